The van der Waals surface area contributed by atoms with Crippen molar-refractivity contribution in [2.75, 3.05) is 0 Å². The van der Waals surface area contributed by atoms with Gasteiger partial charge in [-0.1, -0.05) is 0 Å². The van der Waals surface area contributed by atoms with E-state index in [1.165, 1.54) is 0 Å². The zero-order chi connectivity index (χ0) is 12.2. The van der Waals surface area contributed by atoms with E-state index in [1.807, 2.05) is 12.1 Å². The summed E-state index contributed by atoms with van der Waals surface area (Å²) in [5, 5.41) is 21.5. The van der Waals surface area contributed by atoms with Crippen molar-refractivity contribution in [2.24, 2.45) is 0 Å². The topological polar surface area (TPSA) is 56.2 Å². The number of benzene rings is 2. The number of nitrogens with one attached hydrogen (secondary N) is 1. The summed E-state index contributed by atoms with van der Waals surface area (Å²) >= 11 is 4.22. The molecule has 2 aromatic carbocycles. The lowest BCUT2D eigenvalue weighted by Gasteiger charge is -1.98. The molecular formula is C12H7I2NO2. The molecule has 3 nitrogen and oxygen atoms in total. The second-order valence-electron chi connectivity index (χ2n) is 3.77. The van der Waals surface area contributed by atoms with E-state index in [1.54, 1.807) is 12.1 Å². The van der Waals surface area contributed by atoms with Crippen molar-refractivity contribution in [1.82, 2.24) is 4.98 Å². The maximum atomic E-state index is 9.69. The maximum absolute atomic E-state index is 9.69. The highest BCUT2D eigenvalue weighted by atomic mass is 127. The Morgan fingerprint density at radius 1 is 0.765 bits per heavy atom. The van der Waals surface area contributed by atoms with Gasteiger partial charge in [0.05, 0.1) is 18.2 Å². The summed E-state index contributed by atoms with van der Waals surface area (Å²) in [7, 11) is 0. The molecule has 0 saturated carbocycles. The molecule has 5 heteroatoms. The van der Waals surface area contributed by atoms with Crippen LogP contribution in [-0.2, 0) is 0 Å². The van der Waals surface area contributed by atoms with Gasteiger partial charge in [0.2, 0.25) is 0 Å². The summed E-state index contributed by atoms with van der Waals surface area (Å²) in [5.41, 5.74) is 1.81. The minimum Gasteiger partial charge on any atom is -0.507 e. The predicted molar refractivity (Wildman–Crippen MR) is 84.6 cm³/mol. The summed E-state index contributed by atoms with van der Waals surface area (Å²) in [6, 6.07) is 7.16. The van der Waals surface area contributed by atoms with Crippen molar-refractivity contribution in [3.05, 3.63) is 31.4 Å². The van der Waals surface area contributed by atoms with Gasteiger partial charge in [-0.25, -0.2) is 0 Å². The zero-order valence-electron chi connectivity index (χ0n) is 8.46. The highest BCUT2D eigenvalue weighted by molar-refractivity contribution is 14.1. The standard InChI is InChI=1S/C12H7I2NO2/c13-9-7(16)3-1-5-6-2-4-8(17)10(14)12(6)15-11(5)9/h1-4,15-17H. The minimum atomic E-state index is 0.267. The molecule has 86 valence electrons. The van der Waals surface area contributed by atoms with Gasteiger partial charge in [-0.05, 0) is 69.4 Å². The normalized spacial score (nSPS) is 11.4. The van der Waals surface area contributed by atoms with E-state index in [-0.39, 0.29) is 11.5 Å². The SMILES string of the molecule is Oc1ccc2c([nH]c3c(I)c(O)ccc32)c1I. The summed E-state index contributed by atoms with van der Waals surface area (Å²) in [6.07, 6.45) is 0. The van der Waals surface area contributed by atoms with Gasteiger partial charge in [-0.3, -0.25) is 0 Å². The number of aromatic amines is 1. The summed E-state index contributed by atoms with van der Waals surface area (Å²) in [6.45, 7) is 0. The molecule has 1 heterocycles. The van der Waals surface area contributed by atoms with E-state index in [0.29, 0.717) is 0 Å². The summed E-state index contributed by atoms with van der Waals surface area (Å²) < 4.78 is 1.60. The maximum Gasteiger partial charge on any atom is 0.131 e. The monoisotopic (exact) mass is 451 g/mol. The molecule has 3 aromatic rings. The lowest BCUT2D eigenvalue weighted by molar-refractivity contribution is 0.472. The van der Waals surface area contributed by atoms with Crippen LogP contribution in [-0.4, -0.2) is 15.2 Å². The Hall–Kier alpha value is -0.700. The fraction of sp³-hybridized carbons (Fsp3) is 0. The molecule has 3 rings (SSSR count). The number of phenols is 2. The Bertz CT molecular complexity index is 687. The number of aromatic nitrogens is 1. The Morgan fingerprint density at radius 3 is 1.59 bits per heavy atom. The van der Waals surface area contributed by atoms with Gasteiger partial charge in [0.15, 0.2) is 0 Å². The molecule has 0 spiro atoms. The lowest BCUT2D eigenvalue weighted by Crippen LogP contribution is -1.77. The van der Waals surface area contributed by atoms with Gasteiger partial charge in [0.1, 0.15) is 11.5 Å². The third kappa shape index (κ3) is 1.59. The van der Waals surface area contributed by atoms with Crippen molar-refractivity contribution >= 4 is 67.0 Å². The van der Waals surface area contributed by atoms with Crippen LogP contribution >= 0.6 is 45.2 Å². The van der Waals surface area contributed by atoms with Crippen LogP contribution in [0.1, 0.15) is 0 Å². The van der Waals surface area contributed by atoms with E-state index < -0.39 is 0 Å². The van der Waals surface area contributed by atoms with Crippen molar-refractivity contribution in [3.63, 3.8) is 0 Å². The Labute approximate surface area is 124 Å². The first-order valence-electron chi connectivity index (χ1n) is 4.90. The van der Waals surface area contributed by atoms with E-state index in [2.05, 4.69) is 50.2 Å². The molecule has 0 aliphatic rings. The summed E-state index contributed by atoms with van der Waals surface area (Å²) in [5.74, 6) is 0.535. The largest absolute Gasteiger partial charge is 0.507 e. The van der Waals surface area contributed by atoms with Gasteiger partial charge in [0.25, 0.3) is 0 Å². The molecule has 0 amide bonds. The van der Waals surface area contributed by atoms with Gasteiger partial charge in [-0.15, -0.1) is 0 Å². The van der Waals surface area contributed by atoms with Crippen molar-refractivity contribution in [1.29, 1.82) is 0 Å². The molecule has 0 aliphatic heterocycles. The number of hydrogen-bond acceptors (Lipinski definition) is 2. The highest BCUT2D eigenvalue weighted by Gasteiger charge is 2.13. The molecule has 17 heavy (non-hydrogen) atoms. The number of halogens is 2. The predicted octanol–water partition coefficient (Wildman–Crippen LogP) is 3.94. The first-order valence-corrected chi connectivity index (χ1v) is 7.05. The van der Waals surface area contributed by atoms with Crippen LogP contribution in [0.25, 0.3) is 21.8 Å². The number of rotatable bonds is 0. The Morgan fingerprint density at radius 2 is 1.18 bits per heavy atom. The molecule has 3 N–H and O–H groups in total. The van der Waals surface area contributed by atoms with E-state index in [4.69, 9.17) is 0 Å². The molecule has 0 radical (unpaired) electrons. The van der Waals surface area contributed by atoms with Gasteiger partial charge >= 0.3 is 0 Å². The molecule has 0 saturated heterocycles. The highest BCUT2D eigenvalue weighted by Crippen LogP contribution is 2.36. The summed E-state index contributed by atoms with van der Waals surface area (Å²) in [4.78, 5) is 3.26. The fourth-order valence-electron chi connectivity index (χ4n) is 1.95. The van der Waals surface area contributed by atoms with Crippen LogP contribution in [0.3, 0.4) is 0 Å². The Kier molecular flexibility index (Phi) is 2.62. The average molecular weight is 451 g/mol. The van der Waals surface area contributed by atoms with Crippen molar-refractivity contribution in [3.8, 4) is 11.5 Å². The molecule has 0 aliphatic carbocycles. The van der Waals surface area contributed by atoms with Crippen LogP contribution in [0.15, 0.2) is 24.3 Å². The third-order valence-corrected chi connectivity index (χ3v) is 4.97. The molecule has 1 aromatic heterocycles. The van der Waals surface area contributed by atoms with Crippen LogP contribution in [0.4, 0.5) is 0 Å². The van der Waals surface area contributed by atoms with E-state index >= 15 is 0 Å². The lowest BCUT2D eigenvalue weighted by atomic mass is 10.1. The zero-order valence-corrected chi connectivity index (χ0v) is 12.8. The van der Waals surface area contributed by atoms with E-state index in [9.17, 15) is 10.2 Å². The minimum absolute atomic E-state index is 0.267. The first kappa shape index (κ1) is 11.4. The number of fused-ring (bicyclic) bond motifs is 3. The fourth-order valence-corrected chi connectivity index (χ4v) is 3.16. The van der Waals surface area contributed by atoms with Crippen molar-refractivity contribution < 1.29 is 10.2 Å². The van der Waals surface area contributed by atoms with Gasteiger partial charge < -0.3 is 15.2 Å². The third-order valence-electron chi connectivity index (χ3n) is 2.78. The molecule has 0 fully saturated rings. The van der Waals surface area contributed by atoms with Crippen LogP contribution in [0, 0.1) is 7.14 Å². The second kappa shape index (κ2) is 3.91. The molecule has 0 bridgehead atoms. The van der Waals surface area contributed by atoms with Crippen LogP contribution < -0.4 is 0 Å². The quantitative estimate of drug-likeness (QED) is 0.454. The molecular weight excluding hydrogens is 444 g/mol. The number of phenolic OH excluding ortho intramolecular Hbond substituents is 2. The second-order valence-corrected chi connectivity index (χ2v) is 5.92. The number of aromatic hydroxyl groups is 2. The Balaban J connectivity index is 2.58. The van der Waals surface area contributed by atoms with Gasteiger partial charge in [0, 0.05) is 10.8 Å². The smallest absolute Gasteiger partial charge is 0.131 e. The first-order chi connectivity index (χ1) is 8.09. The number of H-pyrrole nitrogens is 1. The van der Waals surface area contributed by atoms with Crippen LogP contribution in [0.2, 0.25) is 0 Å². The molecule has 0 unspecified atom stereocenters. The average Bonchev–Trinajstić information content (AvgIpc) is 2.69. The number of hydrogen-bond donors (Lipinski definition) is 3. The van der Waals surface area contributed by atoms with E-state index in [0.717, 1.165) is 28.9 Å². The van der Waals surface area contributed by atoms with Gasteiger partial charge in [-0.2, -0.15) is 0 Å². The van der Waals surface area contributed by atoms with Crippen molar-refractivity contribution in [2.45, 2.75) is 0 Å². The molecule has 0 atom stereocenters. The van der Waals surface area contributed by atoms with Crippen LogP contribution in [0.5, 0.6) is 11.5 Å².